The van der Waals surface area contributed by atoms with Crippen LogP contribution in [0.2, 0.25) is 0 Å². The van der Waals surface area contributed by atoms with Crippen LogP contribution in [-0.2, 0) is 9.59 Å². The van der Waals surface area contributed by atoms with Crippen molar-refractivity contribution in [2.45, 2.75) is 26.7 Å². The molecule has 1 aliphatic rings. The molecule has 0 aromatic heterocycles. The summed E-state index contributed by atoms with van der Waals surface area (Å²) in [6.07, 6.45) is 2.26. The van der Waals surface area contributed by atoms with Gasteiger partial charge in [0, 0.05) is 27.2 Å². The fourth-order valence-electron chi connectivity index (χ4n) is 2.86. The number of nitrogens with one attached hydrogen (secondary N) is 1. The number of hydrogen-bond acceptors (Lipinski definition) is 4. The molecule has 1 atom stereocenters. The topological polar surface area (TPSA) is 61.9 Å². The monoisotopic (exact) mass is 347 g/mol. The third kappa shape index (κ3) is 5.66. The van der Waals surface area contributed by atoms with Crippen LogP contribution in [0.1, 0.15) is 25.3 Å². The van der Waals surface area contributed by atoms with Gasteiger partial charge in [0.2, 0.25) is 5.91 Å². The molecule has 1 aliphatic heterocycles. The van der Waals surface area contributed by atoms with Gasteiger partial charge in [0.05, 0.1) is 12.2 Å². The van der Waals surface area contributed by atoms with E-state index < -0.39 is 0 Å². The van der Waals surface area contributed by atoms with Gasteiger partial charge in [0.25, 0.3) is 5.91 Å². The molecule has 1 aromatic carbocycles. The summed E-state index contributed by atoms with van der Waals surface area (Å²) in [5, 5.41) is 3.16. The fourth-order valence-corrected chi connectivity index (χ4v) is 2.86. The molecule has 138 valence electrons. The van der Waals surface area contributed by atoms with Gasteiger partial charge >= 0.3 is 0 Å². The number of anilines is 1. The molecule has 0 saturated carbocycles. The highest BCUT2D eigenvalue weighted by Crippen LogP contribution is 2.26. The zero-order valence-corrected chi connectivity index (χ0v) is 15.7. The van der Waals surface area contributed by atoms with Gasteiger partial charge in [0.15, 0.2) is 6.61 Å². The van der Waals surface area contributed by atoms with Gasteiger partial charge in [-0.15, -0.1) is 0 Å². The molecule has 0 aliphatic carbocycles. The predicted molar refractivity (Wildman–Crippen MR) is 98.8 cm³/mol. The maximum Gasteiger partial charge on any atom is 0.259 e. The van der Waals surface area contributed by atoms with Crippen LogP contribution in [0, 0.1) is 12.8 Å². The lowest BCUT2D eigenvalue weighted by Gasteiger charge is -2.31. The average Bonchev–Trinajstić information content (AvgIpc) is 2.58. The number of likely N-dealkylation sites (tertiary alicyclic amines) is 1. The number of carbonyl (C=O) groups excluding carboxylic acids is 2. The quantitative estimate of drug-likeness (QED) is 0.856. The lowest BCUT2D eigenvalue weighted by molar-refractivity contribution is -0.131. The minimum Gasteiger partial charge on any atom is -0.482 e. The Hall–Kier alpha value is -2.24. The molecule has 25 heavy (non-hydrogen) atoms. The molecule has 1 N–H and O–H groups in total. The minimum absolute atomic E-state index is 0.0251. The fraction of sp³-hybridized carbons (Fsp3) is 0.579. The molecule has 1 aromatic rings. The molecule has 0 spiro atoms. The smallest absolute Gasteiger partial charge is 0.259 e. The number of amides is 2. The van der Waals surface area contributed by atoms with E-state index in [0.29, 0.717) is 11.7 Å². The van der Waals surface area contributed by atoms with Crippen molar-refractivity contribution in [3.05, 3.63) is 23.8 Å². The third-order valence-electron chi connectivity index (χ3n) is 4.43. The number of likely N-dealkylation sites (N-methyl/N-ethyl adjacent to an activating group) is 1. The Kier molecular flexibility index (Phi) is 6.67. The molecule has 1 heterocycles. The highest BCUT2D eigenvalue weighted by molar-refractivity contribution is 5.82. The molecular formula is C19H29N3O3. The number of ether oxygens (including phenoxy) is 1. The lowest BCUT2D eigenvalue weighted by atomic mass is 10.0. The van der Waals surface area contributed by atoms with E-state index in [1.807, 2.05) is 30.0 Å². The largest absolute Gasteiger partial charge is 0.482 e. The van der Waals surface area contributed by atoms with Crippen molar-refractivity contribution in [2.75, 3.05) is 45.7 Å². The zero-order valence-electron chi connectivity index (χ0n) is 15.7. The summed E-state index contributed by atoms with van der Waals surface area (Å²) in [6.45, 7) is 6.01. The van der Waals surface area contributed by atoms with E-state index in [9.17, 15) is 9.59 Å². The number of benzene rings is 1. The standard InChI is InChI=1S/C19H29N3O3/c1-14-7-8-16(17(10-14)25-13-19(24)21(3)4)20-11-18(23)22-9-5-6-15(2)12-22/h7-8,10,15,20H,5-6,9,11-13H2,1-4H3/t15-/m1/s1. The van der Waals surface area contributed by atoms with Crippen LogP contribution >= 0.6 is 0 Å². The molecule has 1 fully saturated rings. The predicted octanol–water partition coefficient (Wildman–Crippen LogP) is 2.13. The Morgan fingerprint density at radius 3 is 2.80 bits per heavy atom. The van der Waals surface area contributed by atoms with Crippen molar-refractivity contribution >= 4 is 17.5 Å². The molecular weight excluding hydrogens is 318 g/mol. The molecule has 0 bridgehead atoms. The summed E-state index contributed by atoms with van der Waals surface area (Å²) in [7, 11) is 3.39. The average molecular weight is 347 g/mol. The van der Waals surface area contributed by atoms with Crippen LogP contribution in [0.5, 0.6) is 5.75 Å². The Labute approximate surface area is 150 Å². The first-order valence-electron chi connectivity index (χ1n) is 8.82. The van der Waals surface area contributed by atoms with Gasteiger partial charge in [-0.05, 0) is 43.4 Å². The SMILES string of the molecule is Cc1ccc(NCC(=O)N2CCC[C@@H](C)C2)c(OCC(=O)N(C)C)c1. The zero-order chi connectivity index (χ0) is 18.4. The molecule has 0 radical (unpaired) electrons. The van der Waals surface area contributed by atoms with Crippen LogP contribution in [0.4, 0.5) is 5.69 Å². The van der Waals surface area contributed by atoms with Crippen LogP contribution in [0.3, 0.4) is 0 Å². The Balaban J connectivity index is 1.96. The van der Waals surface area contributed by atoms with Gasteiger partial charge in [-0.2, -0.15) is 0 Å². The van der Waals surface area contributed by atoms with Crippen molar-refractivity contribution in [2.24, 2.45) is 5.92 Å². The summed E-state index contributed by atoms with van der Waals surface area (Å²) in [4.78, 5) is 27.6. The van der Waals surface area contributed by atoms with Gasteiger partial charge in [0.1, 0.15) is 5.75 Å². The summed E-state index contributed by atoms with van der Waals surface area (Å²) >= 11 is 0. The number of piperidine rings is 1. The second-order valence-corrected chi connectivity index (χ2v) is 7.02. The van der Waals surface area contributed by atoms with Crippen LogP contribution in [-0.4, -0.2) is 62.0 Å². The van der Waals surface area contributed by atoms with E-state index >= 15 is 0 Å². The van der Waals surface area contributed by atoms with E-state index in [1.54, 1.807) is 14.1 Å². The molecule has 6 heteroatoms. The van der Waals surface area contributed by atoms with E-state index in [0.717, 1.165) is 30.8 Å². The lowest BCUT2D eigenvalue weighted by Crippen LogP contribution is -2.42. The summed E-state index contributed by atoms with van der Waals surface area (Å²) in [5.41, 5.74) is 1.77. The third-order valence-corrected chi connectivity index (χ3v) is 4.43. The minimum atomic E-state index is -0.106. The number of rotatable bonds is 6. The van der Waals surface area contributed by atoms with Crippen LogP contribution in [0.25, 0.3) is 0 Å². The van der Waals surface area contributed by atoms with Gasteiger partial charge in [-0.25, -0.2) is 0 Å². The number of hydrogen-bond donors (Lipinski definition) is 1. The highest BCUT2D eigenvalue weighted by atomic mass is 16.5. The second-order valence-electron chi connectivity index (χ2n) is 7.02. The van der Waals surface area contributed by atoms with Crippen molar-refractivity contribution in [3.8, 4) is 5.75 Å². The Bertz CT molecular complexity index is 616. The maximum atomic E-state index is 12.4. The Morgan fingerprint density at radius 1 is 1.36 bits per heavy atom. The molecule has 1 saturated heterocycles. The molecule has 0 unspecified atom stereocenters. The molecule has 2 amide bonds. The summed E-state index contributed by atoms with van der Waals surface area (Å²) in [5.74, 6) is 1.15. The molecule has 6 nitrogen and oxygen atoms in total. The van der Waals surface area contributed by atoms with Crippen LogP contribution < -0.4 is 10.1 Å². The second kappa shape index (κ2) is 8.74. The van der Waals surface area contributed by atoms with Gasteiger partial charge in [-0.1, -0.05) is 13.0 Å². The highest BCUT2D eigenvalue weighted by Gasteiger charge is 2.20. The van der Waals surface area contributed by atoms with E-state index in [4.69, 9.17) is 4.74 Å². The first-order valence-corrected chi connectivity index (χ1v) is 8.82. The maximum absolute atomic E-state index is 12.4. The Morgan fingerprint density at radius 2 is 2.12 bits per heavy atom. The first-order chi connectivity index (χ1) is 11.9. The van der Waals surface area contributed by atoms with E-state index in [2.05, 4.69) is 12.2 Å². The van der Waals surface area contributed by atoms with E-state index in [1.165, 1.54) is 11.3 Å². The van der Waals surface area contributed by atoms with Crippen molar-refractivity contribution in [3.63, 3.8) is 0 Å². The van der Waals surface area contributed by atoms with E-state index in [-0.39, 0.29) is 25.0 Å². The van der Waals surface area contributed by atoms with Crippen molar-refractivity contribution in [1.82, 2.24) is 9.80 Å². The normalized spacial score (nSPS) is 17.1. The summed E-state index contributed by atoms with van der Waals surface area (Å²) in [6, 6.07) is 5.71. The molecule has 2 rings (SSSR count). The first kappa shape index (κ1) is 19.1. The van der Waals surface area contributed by atoms with Crippen molar-refractivity contribution < 1.29 is 14.3 Å². The number of aryl methyl sites for hydroxylation is 1. The number of nitrogens with zero attached hydrogens (tertiary/aromatic N) is 2. The van der Waals surface area contributed by atoms with Gasteiger partial charge < -0.3 is 19.9 Å². The number of carbonyl (C=O) groups is 2. The van der Waals surface area contributed by atoms with Crippen molar-refractivity contribution in [1.29, 1.82) is 0 Å². The van der Waals surface area contributed by atoms with Crippen LogP contribution in [0.15, 0.2) is 18.2 Å². The summed E-state index contributed by atoms with van der Waals surface area (Å²) < 4.78 is 5.66. The van der Waals surface area contributed by atoms with Gasteiger partial charge in [-0.3, -0.25) is 9.59 Å².